The molecule has 0 fully saturated rings. The van der Waals surface area contributed by atoms with Gasteiger partial charge in [-0.2, -0.15) is 5.10 Å². The molecule has 0 atom stereocenters. The van der Waals surface area contributed by atoms with Crippen LogP contribution < -0.4 is 22.1 Å². The van der Waals surface area contributed by atoms with Crippen molar-refractivity contribution >= 4 is 11.8 Å². The lowest BCUT2D eigenvalue weighted by molar-refractivity contribution is 0.246. The molecule has 18 heavy (non-hydrogen) atoms. The first-order chi connectivity index (χ1) is 8.70. The molecule has 0 aliphatic rings. The quantitative estimate of drug-likeness (QED) is 0.409. The van der Waals surface area contributed by atoms with Gasteiger partial charge in [0, 0.05) is 12.3 Å². The molecule has 0 spiro atoms. The third kappa shape index (κ3) is 2.65. The number of anilines is 1. The van der Waals surface area contributed by atoms with Crippen LogP contribution in [0.4, 0.5) is 10.6 Å². The van der Waals surface area contributed by atoms with Gasteiger partial charge < -0.3 is 0 Å². The molecule has 2 amide bonds. The Morgan fingerprint density at radius 2 is 2.06 bits per heavy atom. The lowest BCUT2D eigenvalue weighted by atomic mass is 10.2. The molecule has 0 unspecified atom stereocenters. The fourth-order valence-electron chi connectivity index (χ4n) is 1.51. The van der Waals surface area contributed by atoms with Crippen molar-refractivity contribution in [3.8, 4) is 0 Å². The number of hydrogen-bond acceptors (Lipinski definition) is 4. The van der Waals surface area contributed by atoms with E-state index in [1.807, 2.05) is 35.8 Å². The average Bonchev–Trinajstić information content (AvgIpc) is 2.86. The second-order valence-corrected chi connectivity index (χ2v) is 3.68. The number of amides is 2. The van der Waals surface area contributed by atoms with Crippen molar-refractivity contribution in [2.45, 2.75) is 6.54 Å². The summed E-state index contributed by atoms with van der Waals surface area (Å²) >= 11 is 0. The van der Waals surface area contributed by atoms with Crippen molar-refractivity contribution < 1.29 is 4.79 Å². The van der Waals surface area contributed by atoms with Gasteiger partial charge in [0.25, 0.3) is 0 Å². The van der Waals surface area contributed by atoms with Crippen molar-refractivity contribution in [2.24, 2.45) is 11.7 Å². The van der Waals surface area contributed by atoms with Crippen molar-refractivity contribution in [3.63, 3.8) is 0 Å². The topological polar surface area (TPSA) is 102 Å². The van der Waals surface area contributed by atoms with Crippen LogP contribution >= 0.6 is 0 Å². The molecule has 1 heterocycles. The third-order valence-corrected chi connectivity index (χ3v) is 2.40. The maximum atomic E-state index is 11.2. The average molecular weight is 246 g/mol. The van der Waals surface area contributed by atoms with Gasteiger partial charge in [-0.25, -0.2) is 21.5 Å². The van der Waals surface area contributed by atoms with Crippen LogP contribution in [-0.2, 0) is 6.54 Å². The Hall–Kier alpha value is -2.38. The summed E-state index contributed by atoms with van der Waals surface area (Å²) in [5.41, 5.74) is 3.05. The number of nitrogens with one attached hydrogen (secondary N) is 1. The molecule has 0 aliphatic heterocycles. The molecule has 0 saturated carbocycles. The third-order valence-electron chi connectivity index (χ3n) is 2.40. The van der Waals surface area contributed by atoms with Crippen molar-refractivity contribution in [2.75, 3.05) is 5.01 Å². The van der Waals surface area contributed by atoms with Gasteiger partial charge in [-0.05, 0) is 5.56 Å². The summed E-state index contributed by atoms with van der Waals surface area (Å²) in [4.78, 5) is 11.2. The molecule has 0 aliphatic carbocycles. The monoisotopic (exact) mass is 246 g/mol. The summed E-state index contributed by atoms with van der Waals surface area (Å²) in [6.45, 7) is 0.610. The van der Waals surface area contributed by atoms with Gasteiger partial charge in [0.2, 0.25) is 0 Å². The molecule has 7 nitrogen and oxygen atoms in total. The molecule has 2 rings (SSSR count). The van der Waals surface area contributed by atoms with Crippen LogP contribution in [0.2, 0.25) is 0 Å². The number of hydrogen-bond donors (Lipinski definition) is 3. The SMILES string of the molecule is NNC(=O)N(N)c1ccn(Cc2ccccc2)n1. The molecular weight excluding hydrogens is 232 g/mol. The minimum atomic E-state index is -0.625. The maximum Gasteiger partial charge on any atom is 0.351 e. The summed E-state index contributed by atoms with van der Waals surface area (Å²) in [7, 11) is 0. The van der Waals surface area contributed by atoms with Crippen LogP contribution in [0, 0.1) is 0 Å². The number of nitrogens with zero attached hydrogens (tertiary/aromatic N) is 3. The van der Waals surface area contributed by atoms with E-state index < -0.39 is 6.03 Å². The summed E-state index contributed by atoms with van der Waals surface area (Å²) in [5, 5.41) is 5.02. The van der Waals surface area contributed by atoms with Crippen molar-refractivity contribution in [1.29, 1.82) is 0 Å². The smallest absolute Gasteiger partial charge is 0.274 e. The van der Waals surface area contributed by atoms with Gasteiger partial charge in [0.1, 0.15) is 0 Å². The number of nitrogens with two attached hydrogens (primary N) is 2. The van der Waals surface area contributed by atoms with E-state index in [0.29, 0.717) is 12.4 Å². The van der Waals surface area contributed by atoms with Crippen LogP contribution in [-0.4, -0.2) is 15.8 Å². The van der Waals surface area contributed by atoms with E-state index in [2.05, 4.69) is 5.10 Å². The van der Waals surface area contributed by atoms with Crippen molar-refractivity contribution in [1.82, 2.24) is 15.2 Å². The first-order valence-corrected chi connectivity index (χ1v) is 5.33. The summed E-state index contributed by atoms with van der Waals surface area (Å²) in [6, 6.07) is 10.9. The van der Waals surface area contributed by atoms with Gasteiger partial charge in [-0.1, -0.05) is 30.3 Å². The Morgan fingerprint density at radius 3 is 2.72 bits per heavy atom. The second kappa shape index (κ2) is 5.30. The van der Waals surface area contributed by atoms with Crippen LogP contribution in [0.3, 0.4) is 0 Å². The zero-order chi connectivity index (χ0) is 13.0. The predicted octanol–water partition coefficient (Wildman–Crippen LogP) is 0.195. The molecule has 0 saturated heterocycles. The molecule has 2 aromatic rings. The molecule has 0 radical (unpaired) electrons. The highest BCUT2D eigenvalue weighted by Crippen LogP contribution is 2.08. The number of hydrazine groups is 2. The lowest BCUT2D eigenvalue weighted by Crippen LogP contribution is -2.47. The molecule has 0 bridgehead atoms. The highest BCUT2D eigenvalue weighted by Gasteiger charge is 2.12. The highest BCUT2D eigenvalue weighted by molar-refractivity contribution is 5.89. The van der Waals surface area contributed by atoms with E-state index in [4.69, 9.17) is 11.7 Å². The molecule has 94 valence electrons. The maximum absolute atomic E-state index is 11.2. The summed E-state index contributed by atoms with van der Waals surface area (Å²) < 4.78 is 1.69. The van der Waals surface area contributed by atoms with Gasteiger partial charge in [0.05, 0.1) is 6.54 Å². The van der Waals surface area contributed by atoms with Gasteiger partial charge in [0.15, 0.2) is 5.82 Å². The van der Waals surface area contributed by atoms with E-state index in [-0.39, 0.29) is 0 Å². The summed E-state index contributed by atoms with van der Waals surface area (Å²) in [5.74, 6) is 10.8. The Bertz CT molecular complexity index is 523. The molecule has 1 aromatic heterocycles. The van der Waals surface area contributed by atoms with E-state index in [1.165, 1.54) is 0 Å². The second-order valence-electron chi connectivity index (χ2n) is 3.68. The van der Waals surface area contributed by atoms with Gasteiger partial charge in [-0.15, -0.1) is 0 Å². The number of carbonyl (C=O) groups excluding carboxylic acids is 1. The Labute approximate surface area is 104 Å². The Morgan fingerprint density at radius 1 is 1.33 bits per heavy atom. The zero-order valence-corrected chi connectivity index (χ0v) is 9.65. The van der Waals surface area contributed by atoms with E-state index >= 15 is 0 Å². The van der Waals surface area contributed by atoms with Crippen LogP contribution in [0.5, 0.6) is 0 Å². The molecule has 7 heteroatoms. The summed E-state index contributed by atoms with van der Waals surface area (Å²) in [6.07, 6.45) is 1.74. The standard InChI is InChI=1S/C11H14N6O/c12-14-11(18)17(13)10-6-7-16(15-10)8-9-4-2-1-3-5-9/h1-7H,8,12-13H2,(H,14,18). The van der Waals surface area contributed by atoms with E-state index in [0.717, 1.165) is 10.6 Å². The largest absolute Gasteiger partial charge is 0.351 e. The van der Waals surface area contributed by atoms with Crippen molar-refractivity contribution in [3.05, 3.63) is 48.2 Å². The number of urea groups is 1. The van der Waals surface area contributed by atoms with Crippen LogP contribution in [0.25, 0.3) is 0 Å². The molecular formula is C11H14N6O. The lowest BCUT2D eigenvalue weighted by Gasteiger charge is -2.11. The minimum absolute atomic E-state index is 0.328. The predicted molar refractivity (Wildman–Crippen MR) is 67.2 cm³/mol. The first kappa shape index (κ1) is 12.1. The highest BCUT2D eigenvalue weighted by atomic mass is 16.2. The Balaban J connectivity index is 2.09. The number of rotatable bonds is 3. The Kier molecular flexibility index (Phi) is 3.56. The van der Waals surface area contributed by atoms with Gasteiger partial charge >= 0.3 is 6.03 Å². The molecule has 5 N–H and O–H groups in total. The van der Waals surface area contributed by atoms with Crippen LogP contribution in [0.1, 0.15) is 5.56 Å². The number of benzene rings is 1. The number of carbonyl (C=O) groups is 1. The van der Waals surface area contributed by atoms with Gasteiger partial charge in [-0.3, -0.25) is 10.1 Å². The fraction of sp³-hybridized carbons (Fsp3) is 0.0909. The molecule has 1 aromatic carbocycles. The van der Waals surface area contributed by atoms with E-state index in [9.17, 15) is 4.79 Å². The first-order valence-electron chi connectivity index (χ1n) is 5.33. The minimum Gasteiger partial charge on any atom is -0.274 e. The zero-order valence-electron chi connectivity index (χ0n) is 9.65. The fourth-order valence-corrected chi connectivity index (χ4v) is 1.51. The van der Waals surface area contributed by atoms with Crippen LogP contribution in [0.15, 0.2) is 42.6 Å². The van der Waals surface area contributed by atoms with E-state index in [1.54, 1.807) is 16.9 Å². The normalized spacial score (nSPS) is 10.1. The number of aromatic nitrogens is 2.